The van der Waals surface area contributed by atoms with E-state index in [0.29, 0.717) is 10.0 Å². The largest absolute Gasteiger partial charge is 0.504 e. The van der Waals surface area contributed by atoms with E-state index < -0.39 is 11.5 Å². The number of hydrogen-bond acceptors (Lipinski definition) is 5. The molecule has 0 radical (unpaired) electrons. The Morgan fingerprint density at radius 2 is 2.16 bits per heavy atom. The summed E-state index contributed by atoms with van der Waals surface area (Å²) in [5, 5.41) is 13.8. The third-order valence-corrected chi connectivity index (χ3v) is 3.89. The number of benzene rings is 1. The van der Waals surface area contributed by atoms with Crippen molar-refractivity contribution in [1.82, 2.24) is 9.99 Å². The lowest BCUT2D eigenvalue weighted by molar-refractivity contribution is 0.0953. The van der Waals surface area contributed by atoms with E-state index in [2.05, 4.69) is 26.5 Å². The lowest BCUT2D eigenvalue weighted by Crippen LogP contribution is -2.31. The molecule has 1 amide bonds. The van der Waals surface area contributed by atoms with E-state index in [4.69, 9.17) is 4.74 Å². The summed E-state index contributed by atoms with van der Waals surface area (Å²) in [5.41, 5.74) is 2.23. The number of methoxy groups -OCH3 is 1. The standard InChI is InChI=1S/C17H18BrN3O4/c1-10(2)21-6-4-5-13(17(21)24)16(23)20-19-9-11-7-12(18)8-14(25-3)15(11)22/h4-10,22H,1-3H3,(H,20,23)/b19-9-. The summed E-state index contributed by atoms with van der Waals surface area (Å²) in [6, 6.07) is 6.22. The fraction of sp³-hybridized carbons (Fsp3) is 0.235. The summed E-state index contributed by atoms with van der Waals surface area (Å²) in [7, 11) is 1.43. The topological polar surface area (TPSA) is 92.9 Å². The number of aromatic nitrogens is 1. The average molecular weight is 408 g/mol. The predicted molar refractivity (Wildman–Crippen MR) is 98.5 cm³/mol. The monoisotopic (exact) mass is 407 g/mol. The maximum atomic E-state index is 12.3. The minimum atomic E-state index is -0.627. The molecule has 0 saturated carbocycles. The van der Waals surface area contributed by atoms with Crippen LogP contribution in [0.1, 0.15) is 35.8 Å². The number of ether oxygens (including phenoxy) is 1. The number of nitrogens with one attached hydrogen (secondary N) is 1. The molecule has 8 heteroatoms. The number of hydrogen-bond donors (Lipinski definition) is 2. The van der Waals surface area contributed by atoms with Gasteiger partial charge < -0.3 is 14.4 Å². The van der Waals surface area contributed by atoms with Gasteiger partial charge in [0.15, 0.2) is 11.5 Å². The molecule has 7 nitrogen and oxygen atoms in total. The number of halogens is 1. The fourth-order valence-electron chi connectivity index (χ4n) is 2.16. The second kappa shape index (κ2) is 7.98. The molecular formula is C17H18BrN3O4. The molecule has 0 aliphatic heterocycles. The molecular weight excluding hydrogens is 390 g/mol. The van der Waals surface area contributed by atoms with Crippen molar-refractivity contribution in [3.63, 3.8) is 0 Å². The van der Waals surface area contributed by atoms with Gasteiger partial charge in [-0.2, -0.15) is 5.10 Å². The van der Waals surface area contributed by atoms with Gasteiger partial charge in [0.2, 0.25) is 0 Å². The summed E-state index contributed by atoms with van der Waals surface area (Å²) >= 11 is 3.29. The number of carbonyl (C=O) groups is 1. The number of aromatic hydroxyl groups is 1. The van der Waals surface area contributed by atoms with Gasteiger partial charge in [0.25, 0.3) is 11.5 Å². The molecule has 2 N–H and O–H groups in total. The van der Waals surface area contributed by atoms with Gasteiger partial charge in [-0.25, -0.2) is 5.43 Å². The van der Waals surface area contributed by atoms with E-state index in [9.17, 15) is 14.7 Å². The van der Waals surface area contributed by atoms with Crippen LogP contribution < -0.4 is 15.7 Å². The molecule has 25 heavy (non-hydrogen) atoms. The summed E-state index contributed by atoms with van der Waals surface area (Å²) in [6.45, 7) is 3.70. The molecule has 2 aromatic rings. The highest BCUT2D eigenvalue weighted by Crippen LogP contribution is 2.32. The van der Waals surface area contributed by atoms with Crippen molar-refractivity contribution >= 4 is 28.1 Å². The number of pyridine rings is 1. The van der Waals surface area contributed by atoms with Gasteiger partial charge in [-0.3, -0.25) is 9.59 Å². The first-order valence-corrected chi connectivity index (χ1v) is 8.25. The van der Waals surface area contributed by atoms with Crippen LogP contribution in [0.15, 0.2) is 44.8 Å². The summed E-state index contributed by atoms with van der Waals surface area (Å²) in [6.07, 6.45) is 2.89. The smallest absolute Gasteiger partial charge is 0.276 e. The van der Waals surface area contributed by atoms with Gasteiger partial charge >= 0.3 is 0 Å². The molecule has 0 unspecified atom stereocenters. The molecule has 0 spiro atoms. The third kappa shape index (κ3) is 4.27. The summed E-state index contributed by atoms with van der Waals surface area (Å²) < 4.78 is 7.18. The van der Waals surface area contributed by atoms with Crippen molar-refractivity contribution in [2.24, 2.45) is 5.10 Å². The molecule has 0 atom stereocenters. The van der Waals surface area contributed by atoms with Gasteiger partial charge in [0, 0.05) is 22.3 Å². The van der Waals surface area contributed by atoms with Crippen molar-refractivity contribution in [1.29, 1.82) is 0 Å². The molecule has 1 heterocycles. The second-order valence-corrected chi connectivity index (χ2v) is 6.39. The third-order valence-electron chi connectivity index (χ3n) is 3.43. The highest BCUT2D eigenvalue weighted by Gasteiger charge is 2.13. The maximum Gasteiger partial charge on any atom is 0.276 e. The summed E-state index contributed by atoms with van der Waals surface area (Å²) in [5.74, 6) is -0.465. The Labute approximate surface area is 153 Å². The van der Waals surface area contributed by atoms with Crippen LogP contribution in [-0.2, 0) is 0 Å². The molecule has 132 valence electrons. The lowest BCUT2D eigenvalue weighted by Gasteiger charge is -2.10. The molecule has 2 rings (SSSR count). The minimum Gasteiger partial charge on any atom is -0.504 e. The van der Waals surface area contributed by atoms with E-state index >= 15 is 0 Å². The van der Waals surface area contributed by atoms with Crippen molar-refractivity contribution in [2.75, 3.05) is 7.11 Å². The SMILES string of the molecule is COc1cc(Br)cc(/C=N\NC(=O)c2cccn(C(C)C)c2=O)c1O. The van der Waals surface area contributed by atoms with E-state index in [1.54, 1.807) is 24.4 Å². The molecule has 0 aliphatic carbocycles. The Morgan fingerprint density at radius 1 is 1.44 bits per heavy atom. The van der Waals surface area contributed by atoms with Crippen LogP contribution in [0.4, 0.5) is 0 Å². The van der Waals surface area contributed by atoms with Crippen molar-refractivity contribution < 1.29 is 14.6 Å². The van der Waals surface area contributed by atoms with Crippen molar-refractivity contribution in [2.45, 2.75) is 19.9 Å². The van der Waals surface area contributed by atoms with E-state index in [-0.39, 0.29) is 23.1 Å². The quantitative estimate of drug-likeness (QED) is 0.588. The summed E-state index contributed by atoms with van der Waals surface area (Å²) in [4.78, 5) is 24.4. The van der Waals surface area contributed by atoms with E-state index in [1.807, 2.05) is 13.8 Å². The normalized spacial score (nSPS) is 11.1. The number of hydrazone groups is 1. The van der Waals surface area contributed by atoms with Crippen LogP contribution in [0.5, 0.6) is 11.5 Å². The predicted octanol–water partition coefficient (Wildman–Crippen LogP) is 2.67. The Kier molecular flexibility index (Phi) is 5.97. The molecule has 0 fully saturated rings. The van der Waals surface area contributed by atoms with Gasteiger partial charge in [-0.1, -0.05) is 15.9 Å². The zero-order valence-corrected chi connectivity index (χ0v) is 15.6. The Bertz CT molecular complexity index is 875. The first-order chi connectivity index (χ1) is 11.8. The van der Waals surface area contributed by atoms with Crippen molar-refractivity contribution in [3.8, 4) is 11.5 Å². The second-order valence-electron chi connectivity index (χ2n) is 5.47. The van der Waals surface area contributed by atoms with E-state index in [1.165, 1.54) is 24.0 Å². The number of nitrogens with zero attached hydrogens (tertiary/aromatic N) is 2. The van der Waals surface area contributed by atoms with Crippen LogP contribution >= 0.6 is 15.9 Å². The first kappa shape index (κ1) is 18.7. The van der Waals surface area contributed by atoms with Gasteiger partial charge in [0.1, 0.15) is 5.56 Å². The number of phenolic OH excluding ortho intramolecular Hbond substituents is 1. The fourth-order valence-corrected chi connectivity index (χ4v) is 2.61. The zero-order valence-electron chi connectivity index (χ0n) is 14.0. The Morgan fingerprint density at radius 3 is 2.80 bits per heavy atom. The average Bonchev–Trinajstić information content (AvgIpc) is 2.57. The first-order valence-electron chi connectivity index (χ1n) is 7.46. The highest BCUT2D eigenvalue weighted by molar-refractivity contribution is 9.10. The number of phenols is 1. The molecule has 1 aromatic heterocycles. The number of carbonyl (C=O) groups excluding carboxylic acids is 1. The molecule has 0 saturated heterocycles. The van der Waals surface area contributed by atoms with Crippen LogP contribution in [0.2, 0.25) is 0 Å². The van der Waals surface area contributed by atoms with Gasteiger partial charge in [-0.05, 0) is 38.1 Å². The Hall–Kier alpha value is -2.61. The van der Waals surface area contributed by atoms with Crippen molar-refractivity contribution in [3.05, 3.63) is 56.4 Å². The highest BCUT2D eigenvalue weighted by atomic mass is 79.9. The molecule has 0 aliphatic rings. The number of amides is 1. The molecule has 1 aromatic carbocycles. The number of rotatable bonds is 5. The Balaban J connectivity index is 2.21. The zero-order chi connectivity index (χ0) is 18.6. The maximum absolute atomic E-state index is 12.3. The van der Waals surface area contributed by atoms with Crippen LogP contribution in [-0.4, -0.2) is 28.9 Å². The molecule has 0 bridgehead atoms. The van der Waals surface area contributed by atoms with Crippen LogP contribution in [0.25, 0.3) is 0 Å². The lowest BCUT2D eigenvalue weighted by atomic mass is 10.2. The van der Waals surface area contributed by atoms with Crippen LogP contribution in [0, 0.1) is 0 Å². The van der Waals surface area contributed by atoms with Gasteiger partial charge in [0.05, 0.1) is 13.3 Å². The van der Waals surface area contributed by atoms with Gasteiger partial charge in [-0.15, -0.1) is 0 Å². The van der Waals surface area contributed by atoms with E-state index in [0.717, 1.165) is 0 Å². The minimum absolute atomic E-state index is 0.00982. The van der Waals surface area contributed by atoms with Crippen LogP contribution in [0.3, 0.4) is 0 Å².